The predicted molar refractivity (Wildman–Crippen MR) is 70.6 cm³/mol. The Bertz CT molecular complexity index is 458. The van der Waals surface area contributed by atoms with Crippen molar-refractivity contribution in [3.8, 4) is 0 Å². The largest absolute Gasteiger partial charge is 0.393 e. The molecule has 1 aliphatic heterocycles. The molecular formula is C11H17N5OS. The van der Waals surface area contributed by atoms with Gasteiger partial charge in [-0.05, 0) is 6.42 Å². The van der Waals surface area contributed by atoms with Gasteiger partial charge < -0.3 is 15.2 Å². The number of rotatable bonds is 4. The first-order valence-electron chi connectivity index (χ1n) is 6.08. The number of hydrogen-bond acceptors (Lipinski definition) is 4. The van der Waals surface area contributed by atoms with Crippen molar-refractivity contribution < 1.29 is 4.79 Å². The molecular weight excluding hydrogens is 250 g/mol. The van der Waals surface area contributed by atoms with Crippen molar-refractivity contribution >= 4 is 23.1 Å². The Balaban J connectivity index is 2.08. The second-order valence-electron chi connectivity index (χ2n) is 4.44. The molecule has 6 nitrogen and oxygen atoms in total. The van der Waals surface area contributed by atoms with Gasteiger partial charge in [-0.1, -0.05) is 25.6 Å². The highest BCUT2D eigenvalue weighted by atomic mass is 32.1. The summed E-state index contributed by atoms with van der Waals surface area (Å²) in [6.45, 7) is 3.89. The second-order valence-corrected chi connectivity index (χ2v) is 4.92. The van der Waals surface area contributed by atoms with Gasteiger partial charge in [0.15, 0.2) is 5.82 Å². The topological polar surface area (TPSA) is 77.0 Å². The highest BCUT2D eigenvalue weighted by Crippen LogP contribution is 2.16. The van der Waals surface area contributed by atoms with E-state index in [2.05, 4.69) is 10.2 Å². The van der Waals surface area contributed by atoms with Gasteiger partial charge in [0.2, 0.25) is 5.91 Å². The van der Waals surface area contributed by atoms with Crippen LogP contribution in [0.4, 0.5) is 0 Å². The fourth-order valence-electron chi connectivity index (χ4n) is 2.15. The van der Waals surface area contributed by atoms with Crippen molar-refractivity contribution in [3.63, 3.8) is 0 Å². The summed E-state index contributed by atoms with van der Waals surface area (Å²) in [7, 11) is 0. The average molecular weight is 267 g/mol. The third kappa shape index (κ3) is 2.50. The molecule has 1 unspecified atom stereocenters. The Morgan fingerprint density at radius 1 is 1.61 bits per heavy atom. The number of thiocarbonyl (C=S) groups is 1. The van der Waals surface area contributed by atoms with Crippen LogP contribution in [0.2, 0.25) is 0 Å². The molecule has 1 atom stereocenters. The van der Waals surface area contributed by atoms with Crippen LogP contribution in [0.5, 0.6) is 0 Å². The molecule has 0 aliphatic carbocycles. The zero-order chi connectivity index (χ0) is 13.1. The molecule has 2 heterocycles. The maximum atomic E-state index is 12.4. The quantitative estimate of drug-likeness (QED) is 0.795. The number of carbonyl (C=O) groups is 1. The normalized spacial score (nSPS) is 16.2. The lowest BCUT2D eigenvalue weighted by atomic mass is 10.0. The van der Waals surface area contributed by atoms with Crippen LogP contribution in [0.15, 0.2) is 6.33 Å². The van der Waals surface area contributed by atoms with Crippen molar-refractivity contribution in [1.82, 2.24) is 19.7 Å². The first kappa shape index (κ1) is 12.9. The van der Waals surface area contributed by atoms with Crippen LogP contribution in [0.3, 0.4) is 0 Å². The van der Waals surface area contributed by atoms with Crippen molar-refractivity contribution in [1.29, 1.82) is 0 Å². The van der Waals surface area contributed by atoms with Gasteiger partial charge in [0.1, 0.15) is 6.33 Å². The van der Waals surface area contributed by atoms with Crippen LogP contribution in [-0.4, -0.2) is 37.1 Å². The van der Waals surface area contributed by atoms with Gasteiger partial charge in [-0.15, -0.1) is 10.2 Å². The van der Waals surface area contributed by atoms with Gasteiger partial charge in [0.25, 0.3) is 0 Å². The third-order valence-corrected chi connectivity index (χ3v) is 3.45. The number of nitrogens with two attached hydrogens (primary N) is 1. The van der Waals surface area contributed by atoms with Gasteiger partial charge in [-0.2, -0.15) is 0 Å². The summed E-state index contributed by atoms with van der Waals surface area (Å²) in [5.41, 5.74) is 5.66. The highest BCUT2D eigenvalue weighted by Gasteiger charge is 2.29. The average Bonchev–Trinajstić information content (AvgIpc) is 2.81. The van der Waals surface area contributed by atoms with Crippen LogP contribution in [0, 0.1) is 5.92 Å². The number of nitrogens with zero attached hydrogens (tertiary/aromatic N) is 4. The van der Waals surface area contributed by atoms with Crippen molar-refractivity contribution in [2.45, 2.75) is 32.9 Å². The Morgan fingerprint density at radius 2 is 2.39 bits per heavy atom. The molecule has 0 saturated heterocycles. The summed E-state index contributed by atoms with van der Waals surface area (Å²) < 4.78 is 1.96. The Morgan fingerprint density at radius 3 is 3.06 bits per heavy atom. The number of hydrogen-bond donors (Lipinski definition) is 1. The van der Waals surface area contributed by atoms with Gasteiger partial charge in [-0.25, -0.2) is 0 Å². The Kier molecular flexibility index (Phi) is 3.90. The lowest BCUT2D eigenvalue weighted by Crippen LogP contribution is -2.44. The van der Waals surface area contributed by atoms with Gasteiger partial charge in [-0.3, -0.25) is 4.79 Å². The maximum Gasteiger partial charge on any atom is 0.232 e. The highest BCUT2D eigenvalue weighted by molar-refractivity contribution is 7.80. The van der Waals surface area contributed by atoms with Crippen molar-refractivity contribution in [2.24, 2.45) is 11.7 Å². The monoisotopic (exact) mass is 267 g/mol. The summed E-state index contributed by atoms with van der Waals surface area (Å²) >= 11 is 4.99. The molecule has 0 aromatic carbocycles. The molecule has 0 radical (unpaired) electrons. The Labute approximate surface area is 111 Å². The first-order valence-corrected chi connectivity index (χ1v) is 6.49. The minimum absolute atomic E-state index is 0.0126. The summed E-state index contributed by atoms with van der Waals surface area (Å²) in [6.07, 6.45) is 3.28. The number of amides is 1. The lowest BCUT2D eigenvalue weighted by Gasteiger charge is -2.30. The standard InChI is InChI=1S/C11H17N5OS/c1-2-3-8(10(12)18)11(17)15-4-5-16-7-13-14-9(16)6-15/h7-8H,2-6H2,1H3,(H2,12,18). The van der Waals surface area contributed by atoms with Crippen LogP contribution in [-0.2, 0) is 17.9 Å². The van der Waals surface area contributed by atoms with E-state index in [0.29, 0.717) is 19.5 Å². The third-order valence-electron chi connectivity index (χ3n) is 3.17. The summed E-state index contributed by atoms with van der Waals surface area (Å²) in [5, 5.41) is 7.83. The van der Waals surface area contributed by atoms with Gasteiger partial charge >= 0.3 is 0 Å². The second kappa shape index (κ2) is 5.43. The minimum atomic E-state index is -0.348. The SMILES string of the molecule is CCCC(C(=O)N1CCn2cnnc2C1)C(N)=S. The zero-order valence-corrected chi connectivity index (χ0v) is 11.2. The molecule has 1 aromatic heterocycles. The molecule has 2 rings (SSSR count). The van der Waals surface area contributed by atoms with Crippen LogP contribution < -0.4 is 5.73 Å². The van der Waals surface area contributed by atoms with E-state index in [0.717, 1.165) is 18.8 Å². The molecule has 0 fully saturated rings. The fourth-order valence-corrected chi connectivity index (χ4v) is 2.37. The zero-order valence-electron chi connectivity index (χ0n) is 10.4. The fraction of sp³-hybridized carbons (Fsp3) is 0.636. The maximum absolute atomic E-state index is 12.4. The molecule has 18 heavy (non-hydrogen) atoms. The van der Waals surface area contributed by atoms with E-state index in [1.54, 1.807) is 11.2 Å². The van der Waals surface area contributed by atoms with E-state index < -0.39 is 0 Å². The van der Waals surface area contributed by atoms with Crippen LogP contribution in [0.25, 0.3) is 0 Å². The van der Waals surface area contributed by atoms with Crippen molar-refractivity contribution in [3.05, 3.63) is 12.2 Å². The van der Waals surface area contributed by atoms with Crippen molar-refractivity contribution in [2.75, 3.05) is 6.54 Å². The van der Waals surface area contributed by atoms with E-state index in [9.17, 15) is 4.79 Å². The molecule has 0 bridgehead atoms. The molecule has 0 spiro atoms. The van der Waals surface area contributed by atoms with E-state index >= 15 is 0 Å². The first-order chi connectivity index (χ1) is 8.63. The smallest absolute Gasteiger partial charge is 0.232 e. The molecule has 1 aromatic rings. The summed E-state index contributed by atoms with van der Waals surface area (Å²) in [5.74, 6) is 0.478. The molecule has 0 saturated carbocycles. The Hall–Kier alpha value is -1.50. The molecule has 1 amide bonds. The number of fused-ring (bicyclic) bond motifs is 1. The lowest BCUT2D eigenvalue weighted by molar-refractivity contribution is -0.135. The molecule has 7 heteroatoms. The molecule has 2 N–H and O–H groups in total. The summed E-state index contributed by atoms with van der Waals surface area (Å²) in [6, 6.07) is 0. The van der Waals surface area contributed by atoms with Gasteiger partial charge in [0.05, 0.1) is 17.5 Å². The number of aromatic nitrogens is 3. The van der Waals surface area contributed by atoms with E-state index in [4.69, 9.17) is 18.0 Å². The van der Waals surface area contributed by atoms with Crippen LogP contribution >= 0.6 is 12.2 Å². The van der Waals surface area contributed by atoms with Gasteiger partial charge in [0, 0.05) is 13.1 Å². The van der Waals surface area contributed by atoms with E-state index in [1.807, 2.05) is 11.5 Å². The minimum Gasteiger partial charge on any atom is -0.393 e. The van der Waals surface area contributed by atoms with E-state index in [-0.39, 0.29) is 16.8 Å². The molecule has 1 aliphatic rings. The number of carbonyl (C=O) groups excluding carboxylic acids is 1. The van der Waals surface area contributed by atoms with Crippen LogP contribution in [0.1, 0.15) is 25.6 Å². The predicted octanol–water partition coefficient (Wildman–Crippen LogP) is 0.323. The van der Waals surface area contributed by atoms with E-state index in [1.165, 1.54) is 0 Å². The molecule has 98 valence electrons. The summed E-state index contributed by atoms with van der Waals surface area (Å²) in [4.78, 5) is 14.4.